The maximum absolute atomic E-state index is 12.4. The molecule has 23 heavy (non-hydrogen) atoms. The number of fused-ring (bicyclic) bond motifs is 1. The third-order valence-corrected chi connectivity index (χ3v) is 4.55. The molecule has 0 bridgehead atoms. The molecule has 126 valence electrons. The van der Waals surface area contributed by atoms with Gasteiger partial charge in [0, 0.05) is 13.1 Å². The van der Waals surface area contributed by atoms with Crippen LogP contribution in [-0.4, -0.2) is 40.5 Å². The molecule has 0 saturated carbocycles. The summed E-state index contributed by atoms with van der Waals surface area (Å²) in [7, 11) is 0. The second kappa shape index (κ2) is 8.11. The minimum absolute atomic E-state index is 0.201. The van der Waals surface area contributed by atoms with Crippen LogP contribution in [0.1, 0.15) is 44.2 Å². The van der Waals surface area contributed by atoms with Gasteiger partial charge >= 0.3 is 5.97 Å². The average Bonchev–Trinajstić information content (AvgIpc) is 2.56. The van der Waals surface area contributed by atoms with Crippen molar-refractivity contribution in [2.45, 2.75) is 58.2 Å². The molecule has 0 aliphatic carbocycles. The highest BCUT2D eigenvalue weighted by Crippen LogP contribution is 2.20. The molecule has 1 amide bonds. The highest BCUT2D eigenvalue weighted by Gasteiger charge is 2.28. The Bertz CT molecular complexity index is 559. The quantitative estimate of drug-likeness (QED) is 0.808. The van der Waals surface area contributed by atoms with Gasteiger partial charge in [0.15, 0.2) is 0 Å². The van der Waals surface area contributed by atoms with Crippen LogP contribution in [0, 0.1) is 0 Å². The fraction of sp³-hybridized carbons (Fsp3) is 0.556. The van der Waals surface area contributed by atoms with E-state index >= 15 is 0 Å². The van der Waals surface area contributed by atoms with Crippen LogP contribution in [0.25, 0.3) is 0 Å². The zero-order valence-electron chi connectivity index (χ0n) is 13.9. The van der Waals surface area contributed by atoms with Crippen molar-refractivity contribution >= 4 is 11.9 Å². The van der Waals surface area contributed by atoms with Gasteiger partial charge in [0.2, 0.25) is 5.91 Å². The molecule has 1 aromatic rings. The molecule has 2 unspecified atom stereocenters. The number of carboxylic acid groups (broad SMARTS) is 1. The fourth-order valence-corrected chi connectivity index (χ4v) is 2.97. The average molecular weight is 318 g/mol. The van der Waals surface area contributed by atoms with Crippen molar-refractivity contribution in [3.05, 3.63) is 35.4 Å². The number of unbranched alkanes of at least 4 members (excludes halogenated alkanes) is 1. The molecule has 2 N–H and O–H groups in total. The predicted molar refractivity (Wildman–Crippen MR) is 89.1 cm³/mol. The van der Waals surface area contributed by atoms with Gasteiger partial charge in [-0.1, -0.05) is 44.0 Å². The summed E-state index contributed by atoms with van der Waals surface area (Å²) in [5.41, 5.74) is 2.59. The number of rotatable bonds is 7. The van der Waals surface area contributed by atoms with E-state index in [4.69, 9.17) is 0 Å². The molecule has 0 spiro atoms. The van der Waals surface area contributed by atoms with Crippen LogP contribution < -0.4 is 5.32 Å². The molecule has 0 aromatic heterocycles. The lowest BCUT2D eigenvalue weighted by Gasteiger charge is -2.33. The second-order valence-electron chi connectivity index (χ2n) is 6.21. The first-order valence-electron chi connectivity index (χ1n) is 8.37. The zero-order chi connectivity index (χ0) is 16.8. The first-order chi connectivity index (χ1) is 11.0. The summed E-state index contributed by atoms with van der Waals surface area (Å²) in [4.78, 5) is 25.8. The van der Waals surface area contributed by atoms with E-state index < -0.39 is 12.0 Å². The van der Waals surface area contributed by atoms with E-state index in [0.29, 0.717) is 6.42 Å². The number of carbonyl (C=O) groups is 2. The molecule has 0 radical (unpaired) electrons. The summed E-state index contributed by atoms with van der Waals surface area (Å²) >= 11 is 0. The molecule has 0 fully saturated rings. The van der Waals surface area contributed by atoms with Crippen LogP contribution in [-0.2, 0) is 22.6 Å². The van der Waals surface area contributed by atoms with Crippen molar-refractivity contribution in [1.82, 2.24) is 10.2 Å². The maximum Gasteiger partial charge on any atom is 0.326 e. The first-order valence-corrected chi connectivity index (χ1v) is 8.37. The van der Waals surface area contributed by atoms with Crippen molar-refractivity contribution in [3.8, 4) is 0 Å². The monoisotopic (exact) mass is 318 g/mol. The summed E-state index contributed by atoms with van der Waals surface area (Å²) < 4.78 is 0. The Morgan fingerprint density at radius 3 is 2.65 bits per heavy atom. The Morgan fingerprint density at radius 2 is 2.00 bits per heavy atom. The Labute approximate surface area is 137 Å². The smallest absolute Gasteiger partial charge is 0.326 e. The SMILES string of the molecule is CCCCC(NC(=O)C(C)N1CCc2ccccc2C1)C(=O)O. The number of amides is 1. The van der Waals surface area contributed by atoms with E-state index in [1.54, 1.807) is 0 Å². The lowest BCUT2D eigenvalue weighted by Crippen LogP contribution is -2.51. The van der Waals surface area contributed by atoms with Gasteiger partial charge in [-0.2, -0.15) is 0 Å². The minimum atomic E-state index is -0.956. The van der Waals surface area contributed by atoms with Crippen molar-refractivity contribution in [2.75, 3.05) is 6.54 Å². The summed E-state index contributed by atoms with van der Waals surface area (Å²) in [5.74, 6) is -1.16. The third kappa shape index (κ3) is 4.55. The summed E-state index contributed by atoms with van der Waals surface area (Å²) in [6.45, 7) is 5.41. The van der Waals surface area contributed by atoms with Crippen molar-refractivity contribution < 1.29 is 14.7 Å². The van der Waals surface area contributed by atoms with E-state index in [-0.39, 0.29) is 11.9 Å². The largest absolute Gasteiger partial charge is 0.480 e. The molecule has 1 heterocycles. The van der Waals surface area contributed by atoms with Gasteiger partial charge in [-0.15, -0.1) is 0 Å². The van der Waals surface area contributed by atoms with Crippen LogP contribution in [0.4, 0.5) is 0 Å². The van der Waals surface area contributed by atoms with Crippen LogP contribution in [0.15, 0.2) is 24.3 Å². The zero-order valence-corrected chi connectivity index (χ0v) is 13.9. The molecule has 5 heteroatoms. The van der Waals surface area contributed by atoms with Gasteiger partial charge in [0.1, 0.15) is 6.04 Å². The van der Waals surface area contributed by atoms with Gasteiger partial charge in [0.05, 0.1) is 6.04 Å². The number of hydrogen-bond acceptors (Lipinski definition) is 3. The van der Waals surface area contributed by atoms with Crippen molar-refractivity contribution in [3.63, 3.8) is 0 Å². The van der Waals surface area contributed by atoms with Gasteiger partial charge in [-0.25, -0.2) is 4.79 Å². The van der Waals surface area contributed by atoms with E-state index in [1.807, 2.05) is 26.0 Å². The molecule has 1 aromatic carbocycles. The number of nitrogens with one attached hydrogen (secondary N) is 1. The first kappa shape index (κ1) is 17.5. The number of carbonyl (C=O) groups excluding carboxylic acids is 1. The summed E-state index contributed by atoms with van der Waals surface area (Å²) in [6, 6.07) is 7.15. The Kier molecular flexibility index (Phi) is 6.16. The predicted octanol–water partition coefficient (Wildman–Crippen LogP) is 2.19. The van der Waals surface area contributed by atoms with E-state index in [9.17, 15) is 14.7 Å². The van der Waals surface area contributed by atoms with Crippen LogP contribution >= 0.6 is 0 Å². The minimum Gasteiger partial charge on any atom is -0.480 e. The number of nitrogens with zero attached hydrogens (tertiary/aromatic N) is 1. The number of carboxylic acids is 1. The number of benzene rings is 1. The lowest BCUT2D eigenvalue weighted by atomic mass is 9.98. The van der Waals surface area contributed by atoms with Gasteiger partial charge < -0.3 is 10.4 Å². The second-order valence-corrected chi connectivity index (χ2v) is 6.21. The van der Waals surface area contributed by atoms with Crippen LogP contribution in [0.3, 0.4) is 0 Å². The van der Waals surface area contributed by atoms with Gasteiger partial charge in [-0.3, -0.25) is 9.69 Å². The van der Waals surface area contributed by atoms with Crippen molar-refractivity contribution in [2.24, 2.45) is 0 Å². The van der Waals surface area contributed by atoms with Gasteiger partial charge in [-0.05, 0) is 30.9 Å². The summed E-state index contributed by atoms with van der Waals surface area (Å²) in [6.07, 6.45) is 3.11. The number of hydrogen-bond donors (Lipinski definition) is 2. The van der Waals surface area contributed by atoms with Crippen molar-refractivity contribution in [1.29, 1.82) is 0 Å². The molecule has 1 aliphatic heterocycles. The van der Waals surface area contributed by atoms with E-state index in [2.05, 4.69) is 22.3 Å². The number of aliphatic carboxylic acids is 1. The Morgan fingerprint density at radius 1 is 1.30 bits per heavy atom. The normalized spacial score (nSPS) is 17.1. The van der Waals surface area contributed by atoms with Crippen LogP contribution in [0.5, 0.6) is 0 Å². The van der Waals surface area contributed by atoms with E-state index in [0.717, 1.165) is 32.4 Å². The maximum atomic E-state index is 12.4. The molecule has 2 rings (SSSR count). The Balaban J connectivity index is 1.95. The molecular formula is C18H26N2O3. The highest BCUT2D eigenvalue weighted by atomic mass is 16.4. The lowest BCUT2D eigenvalue weighted by molar-refractivity contribution is -0.142. The molecule has 1 aliphatic rings. The standard InChI is InChI=1S/C18H26N2O3/c1-3-4-9-16(18(22)23)19-17(21)13(2)20-11-10-14-7-5-6-8-15(14)12-20/h5-8,13,16H,3-4,9-12H2,1-2H3,(H,19,21)(H,22,23). The molecular weight excluding hydrogens is 292 g/mol. The molecule has 5 nitrogen and oxygen atoms in total. The molecule has 2 atom stereocenters. The fourth-order valence-electron chi connectivity index (χ4n) is 2.97. The summed E-state index contributed by atoms with van der Waals surface area (Å²) in [5, 5.41) is 11.9. The topological polar surface area (TPSA) is 69.6 Å². The molecule has 0 saturated heterocycles. The van der Waals surface area contributed by atoms with Gasteiger partial charge in [0.25, 0.3) is 0 Å². The third-order valence-electron chi connectivity index (χ3n) is 4.55. The Hall–Kier alpha value is -1.88. The highest BCUT2D eigenvalue weighted by molar-refractivity contribution is 5.86. The van der Waals surface area contributed by atoms with Crippen LogP contribution in [0.2, 0.25) is 0 Å². The van der Waals surface area contributed by atoms with E-state index in [1.165, 1.54) is 11.1 Å².